The number of amides is 1. The fourth-order valence-electron chi connectivity index (χ4n) is 5.20. The van der Waals surface area contributed by atoms with E-state index >= 15 is 0 Å². The summed E-state index contributed by atoms with van der Waals surface area (Å²) in [6, 6.07) is 20.6. The number of aryl methyl sites for hydroxylation is 2. The van der Waals surface area contributed by atoms with Crippen LogP contribution < -0.4 is 24.4 Å². The summed E-state index contributed by atoms with van der Waals surface area (Å²) in [5.41, 5.74) is 4.96. The van der Waals surface area contributed by atoms with Crippen LogP contribution in [0.3, 0.4) is 0 Å². The number of esters is 1. The largest absolute Gasteiger partial charge is 0.496 e. The molecule has 1 N–H and O–H groups in total. The lowest BCUT2D eigenvalue weighted by Gasteiger charge is -2.39. The number of likely N-dealkylation sites (N-methyl/N-ethyl adjacent to an activating group) is 1. The zero-order valence-electron chi connectivity index (χ0n) is 24.5. The second kappa shape index (κ2) is 11.2. The Labute approximate surface area is 244 Å². The molecule has 0 bridgehead atoms. The molecule has 1 amide bonds. The average Bonchev–Trinajstić information content (AvgIpc) is 2.96. The first-order valence-corrected chi connectivity index (χ1v) is 13.6. The molecular weight excluding hydrogens is 535 g/mol. The molecule has 7 nitrogen and oxygen atoms in total. The van der Waals surface area contributed by atoms with Gasteiger partial charge in [0.15, 0.2) is 0 Å². The molecule has 5 rings (SSSR count). The minimum atomic E-state index is -0.805. The maximum Gasteiger partial charge on any atom is 0.343 e. The number of hydrogen-bond donors (Lipinski definition) is 1. The number of ether oxygens (including phenoxy) is 3. The number of nitrogens with zero attached hydrogens (tertiary/aromatic N) is 1. The van der Waals surface area contributed by atoms with Crippen LogP contribution in [0.5, 0.6) is 17.2 Å². The molecule has 1 aliphatic rings. The lowest BCUT2D eigenvalue weighted by atomic mass is 9.91. The van der Waals surface area contributed by atoms with Gasteiger partial charge in [0.05, 0.1) is 24.0 Å². The molecular formula is C34H33FN2O5. The Balaban J connectivity index is 1.57. The Morgan fingerprint density at radius 1 is 0.952 bits per heavy atom. The van der Waals surface area contributed by atoms with Gasteiger partial charge in [0, 0.05) is 30.3 Å². The summed E-state index contributed by atoms with van der Waals surface area (Å²) < 4.78 is 31.6. The van der Waals surface area contributed by atoms with Gasteiger partial charge < -0.3 is 24.4 Å². The summed E-state index contributed by atoms with van der Waals surface area (Å²) in [7, 11) is 3.27. The second-order valence-electron chi connectivity index (χ2n) is 10.9. The van der Waals surface area contributed by atoms with Crippen LogP contribution in [0.15, 0.2) is 72.8 Å². The zero-order chi connectivity index (χ0) is 30.2. The van der Waals surface area contributed by atoms with Gasteiger partial charge in [0.2, 0.25) is 0 Å². The van der Waals surface area contributed by atoms with Crippen LogP contribution in [0.25, 0.3) is 11.1 Å². The van der Waals surface area contributed by atoms with Gasteiger partial charge in [-0.25, -0.2) is 9.18 Å². The van der Waals surface area contributed by atoms with Crippen LogP contribution >= 0.6 is 0 Å². The highest BCUT2D eigenvalue weighted by molar-refractivity contribution is 6.08. The van der Waals surface area contributed by atoms with Gasteiger partial charge in [-0.1, -0.05) is 29.8 Å². The fraction of sp³-hybridized carbons (Fsp3) is 0.235. The third-order valence-corrected chi connectivity index (χ3v) is 7.35. The molecule has 0 atom stereocenters. The third kappa shape index (κ3) is 5.52. The predicted molar refractivity (Wildman–Crippen MR) is 161 cm³/mol. The first-order valence-electron chi connectivity index (χ1n) is 13.6. The molecule has 1 aliphatic heterocycles. The lowest BCUT2D eigenvalue weighted by Crippen LogP contribution is -2.52. The van der Waals surface area contributed by atoms with Gasteiger partial charge in [0.25, 0.3) is 5.91 Å². The Kier molecular flexibility index (Phi) is 7.65. The number of rotatable bonds is 7. The first kappa shape index (κ1) is 28.7. The van der Waals surface area contributed by atoms with Crippen molar-refractivity contribution < 1.29 is 28.2 Å². The Hall–Kier alpha value is -4.85. The van der Waals surface area contributed by atoms with Crippen LogP contribution in [0.2, 0.25) is 0 Å². The molecule has 0 spiro atoms. The van der Waals surface area contributed by atoms with Crippen molar-refractivity contribution in [2.24, 2.45) is 0 Å². The number of benzene rings is 4. The van der Waals surface area contributed by atoms with Crippen molar-refractivity contribution in [1.29, 1.82) is 0 Å². The molecule has 0 radical (unpaired) electrons. The molecule has 0 aromatic heterocycles. The van der Waals surface area contributed by atoms with Gasteiger partial charge in [-0.15, -0.1) is 0 Å². The molecule has 0 fully saturated rings. The smallest absolute Gasteiger partial charge is 0.343 e. The van der Waals surface area contributed by atoms with Crippen molar-refractivity contribution in [2.75, 3.05) is 24.4 Å². The van der Waals surface area contributed by atoms with E-state index in [0.29, 0.717) is 39.6 Å². The normalized spacial score (nSPS) is 13.7. The summed E-state index contributed by atoms with van der Waals surface area (Å²) in [6.07, 6.45) is 0. The number of carbonyl (C=O) groups is 2. The van der Waals surface area contributed by atoms with E-state index in [4.69, 9.17) is 14.2 Å². The number of hydrogen-bond acceptors (Lipinski definition) is 6. The van der Waals surface area contributed by atoms with Gasteiger partial charge in [0.1, 0.15) is 35.2 Å². The van der Waals surface area contributed by atoms with E-state index in [1.165, 1.54) is 19.2 Å². The highest BCUT2D eigenvalue weighted by Crippen LogP contribution is 2.45. The molecule has 1 heterocycles. The van der Waals surface area contributed by atoms with Gasteiger partial charge in [-0.2, -0.15) is 0 Å². The van der Waals surface area contributed by atoms with Crippen LogP contribution in [0.1, 0.15) is 40.9 Å². The van der Waals surface area contributed by atoms with E-state index in [0.717, 1.165) is 22.4 Å². The third-order valence-electron chi connectivity index (χ3n) is 7.35. The SMILES string of the molecule is COc1cc(OC(=O)c2cccc(C)c2)ccc1-c1ccc2c(c1COc1cc(F)ccc1C)N(C)C(=O)C(C)(C)N2. The van der Waals surface area contributed by atoms with Crippen molar-refractivity contribution in [3.8, 4) is 28.4 Å². The molecule has 4 aromatic carbocycles. The Bertz CT molecular complexity index is 1700. The standard InChI is InChI=1S/C34H33FN2O5/c1-20-8-7-9-22(16-20)32(38)42-24-12-13-26(30(18-24)40-6)25-14-15-28-31(37(5)33(39)34(3,4)36-28)27(25)19-41-29-17-23(35)11-10-21(29)2/h7-18,36H,19H2,1-6H3. The predicted octanol–water partition coefficient (Wildman–Crippen LogP) is 7.08. The lowest BCUT2D eigenvalue weighted by molar-refractivity contribution is -0.121. The van der Waals surface area contributed by atoms with Gasteiger partial charge in [-0.05, 0) is 75.2 Å². The summed E-state index contributed by atoms with van der Waals surface area (Å²) in [5, 5.41) is 3.34. The summed E-state index contributed by atoms with van der Waals surface area (Å²) in [6.45, 7) is 7.46. The Morgan fingerprint density at radius 3 is 2.45 bits per heavy atom. The van der Waals surface area contributed by atoms with Crippen LogP contribution in [0, 0.1) is 19.7 Å². The molecule has 8 heteroatoms. The molecule has 216 valence electrons. The average molecular weight is 569 g/mol. The molecule has 0 saturated carbocycles. The highest BCUT2D eigenvalue weighted by Gasteiger charge is 2.38. The fourth-order valence-corrected chi connectivity index (χ4v) is 5.20. The van der Waals surface area contributed by atoms with Crippen LogP contribution in [-0.4, -0.2) is 31.6 Å². The molecule has 0 unspecified atom stereocenters. The van der Waals surface area contributed by atoms with E-state index in [1.54, 1.807) is 54.4 Å². The number of nitrogens with one attached hydrogen (secondary N) is 1. The van der Waals surface area contributed by atoms with E-state index in [2.05, 4.69) is 5.32 Å². The minimum absolute atomic E-state index is 0.0514. The topological polar surface area (TPSA) is 77.1 Å². The molecule has 42 heavy (non-hydrogen) atoms. The first-order chi connectivity index (χ1) is 20.0. The molecule has 0 aliphatic carbocycles. The van der Waals surface area contributed by atoms with Crippen molar-refractivity contribution in [1.82, 2.24) is 0 Å². The van der Waals surface area contributed by atoms with Crippen molar-refractivity contribution in [2.45, 2.75) is 39.8 Å². The van der Waals surface area contributed by atoms with Crippen LogP contribution in [0.4, 0.5) is 15.8 Å². The highest BCUT2D eigenvalue weighted by atomic mass is 19.1. The quantitative estimate of drug-likeness (QED) is 0.190. The molecule has 0 saturated heterocycles. The number of fused-ring (bicyclic) bond motifs is 1. The van der Waals surface area contributed by atoms with Gasteiger partial charge >= 0.3 is 5.97 Å². The Morgan fingerprint density at radius 2 is 1.71 bits per heavy atom. The summed E-state index contributed by atoms with van der Waals surface area (Å²) in [4.78, 5) is 27.7. The van der Waals surface area contributed by atoms with Crippen molar-refractivity contribution in [3.63, 3.8) is 0 Å². The number of methoxy groups -OCH3 is 1. The van der Waals surface area contributed by atoms with Crippen molar-refractivity contribution in [3.05, 3.63) is 101 Å². The summed E-state index contributed by atoms with van der Waals surface area (Å²) >= 11 is 0. The van der Waals surface area contributed by atoms with E-state index < -0.39 is 17.3 Å². The summed E-state index contributed by atoms with van der Waals surface area (Å²) in [5.74, 6) is 0.201. The van der Waals surface area contributed by atoms with E-state index in [-0.39, 0.29) is 12.5 Å². The number of anilines is 2. The van der Waals surface area contributed by atoms with E-state index in [1.807, 2.05) is 45.9 Å². The van der Waals surface area contributed by atoms with Crippen molar-refractivity contribution >= 4 is 23.3 Å². The monoisotopic (exact) mass is 568 g/mol. The van der Waals surface area contributed by atoms with Crippen LogP contribution in [-0.2, 0) is 11.4 Å². The molecule has 4 aromatic rings. The van der Waals surface area contributed by atoms with E-state index in [9.17, 15) is 14.0 Å². The maximum atomic E-state index is 14.0. The number of carbonyl (C=O) groups excluding carboxylic acids is 2. The second-order valence-corrected chi connectivity index (χ2v) is 10.9. The zero-order valence-corrected chi connectivity index (χ0v) is 24.5. The van der Waals surface area contributed by atoms with Gasteiger partial charge in [-0.3, -0.25) is 4.79 Å². The maximum absolute atomic E-state index is 14.0. The number of halogens is 1. The minimum Gasteiger partial charge on any atom is -0.496 e.